The molecular weight excluding hydrogens is 304 g/mol. The molecule has 6 heteroatoms. The second-order valence-electron chi connectivity index (χ2n) is 7.20. The van der Waals surface area contributed by atoms with Gasteiger partial charge in [0.05, 0.1) is 18.9 Å². The summed E-state index contributed by atoms with van der Waals surface area (Å²) in [6.45, 7) is 11.4. The van der Waals surface area contributed by atoms with E-state index in [1.165, 1.54) is 17.0 Å². The van der Waals surface area contributed by atoms with Crippen LogP contribution in [0.4, 0.5) is 0 Å². The van der Waals surface area contributed by atoms with Gasteiger partial charge in [-0.25, -0.2) is 0 Å². The van der Waals surface area contributed by atoms with E-state index in [-0.39, 0.29) is 11.8 Å². The topological polar surface area (TPSA) is 59.4 Å². The summed E-state index contributed by atoms with van der Waals surface area (Å²) in [6, 6.07) is 0.321. The Bertz CT molecular complexity index is 574. The minimum atomic E-state index is 0.0626. The van der Waals surface area contributed by atoms with Gasteiger partial charge in [-0.05, 0) is 19.8 Å². The number of hydrogen-bond donors (Lipinski definition) is 1. The van der Waals surface area contributed by atoms with E-state index >= 15 is 0 Å². The number of nitrogens with one attached hydrogen (secondary N) is 1. The average molecular weight is 334 g/mol. The molecule has 1 fully saturated rings. The highest BCUT2D eigenvalue weighted by Gasteiger charge is 2.25. The van der Waals surface area contributed by atoms with Crippen LogP contribution in [0.25, 0.3) is 0 Å². The highest BCUT2D eigenvalue weighted by Crippen LogP contribution is 2.23. The molecule has 3 rings (SSSR count). The van der Waals surface area contributed by atoms with E-state index in [9.17, 15) is 4.79 Å². The van der Waals surface area contributed by atoms with Crippen molar-refractivity contribution in [2.24, 2.45) is 5.92 Å². The molecule has 1 amide bonds. The lowest BCUT2D eigenvalue weighted by Crippen LogP contribution is -2.45. The van der Waals surface area contributed by atoms with E-state index in [0.29, 0.717) is 12.6 Å². The minimum Gasteiger partial charge on any atom is -0.376 e. The zero-order valence-electron chi connectivity index (χ0n) is 15.2. The zero-order chi connectivity index (χ0) is 17.1. The molecule has 2 aliphatic rings. The van der Waals surface area contributed by atoms with Gasteiger partial charge in [0, 0.05) is 55.8 Å². The van der Waals surface area contributed by atoms with Crippen molar-refractivity contribution in [3.8, 4) is 0 Å². The number of carbonyl (C=O) groups is 1. The first-order valence-electron chi connectivity index (χ1n) is 9.26. The zero-order valence-corrected chi connectivity index (χ0v) is 15.2. The van der Waals surface area contributed by atoms with Gasteiger partial charge in [-0.15, -0.1) is 0 Å². The quantitative estimate of drug-likeness (QED) is 0.891. The molecular formula is C18H30N4O2. The van der Waals surface area contributed by atoms with Crippen LogP contribution in [0.5, 0.6) is 0 Å². The number of likely N-dealkylation sites (tertiary alicyclic amines) is 1. The lowest BCUT2D eigenvalue weighted by atomic mass is 10.0. The largest absolute Gasteiger partial charge is 0.376 e. The Hall–Kier alpha value is -1.40. The van der Waals surface area contributed by atoms with Crippen molar-refractivity contribution in [1.82, 2.24) is 20.0 Å². The summed E-state index contributed by atoms with van der Waals surface area (Å²) in [5.41, 5.74) is 3.84. The summed E-state index contributed by atoms with van der Waals surface area (Å²) in [4.78, 5) is 14.3. The smallest absolute Gasteiger partial charge is 0.222 e. The first-order valence-corrected chi connectivity index (χ1v) is 9.26. The number of aromatic nitrogens is 2. The Morgan fingerprint density at radius 2 is 2.12 bits per heavy atom. The van der Waals surface area contributed by atoms with Crippen LogP contribution in [0.15, 0.2) is 0 Å². The van der Waals surface area contributed by atoms with Crippen LogP contribution >= 0.6 is 0 Å². The molecule has 2 aliphatic heterocycles. The number of aryl methyl sites for hydroxylation is 1. The maximum Gasteiger partial charge on any atom is 0.222 e. The van der Waals surface area contributed by atoms with Crippen LogP contribution in [0.2, 0.25) is 0 Å². The molecule has 0 radical (unpaired) electrons. The number of rotatable bonds is 5. The number of fused-ring (bicyclic) bond motifs is 1. The molecule has 134 valence electrons. The second-order valence-corrected chi connectivity index (χ2v) is 7.20. The van der Waals surface area contributed by atoms with Crippen molar-refractivity contribution < 1.29 is 9.53 Å². The standard InChI is InChI=1S/C18H30N4O2/c1-4-22-17-7-10-24-12-15(17)16(20-22)11-21-8-5-14(6-9-21)19-18(23)13(2)3/h13-14H,4-12H2,1-3H3,(H,19,23). The maximum atomic E-state index is 11.8. The molecule has 6 nitrogen and oxygen atoms in total. The Morgan fingerprint density at radius 1 is 1.38 bits per heavy atom. The monoisotopic (exact) mass is 334 g/mol. The first-order chi connectivity index (χ1) is 11.6. The number of piperidine rings is 1. The van der Waals surface area contributed by atoms with Gasteiger partial charge in [-0.3, -0.25) is 14.4 Å². The highest BCUT2D eigenvalue weighted by molar-refractivity contribution is 5.78. The van der Waals surface area contributed by atoms with Gasteiger partial charge in [0.15, 0.2) is 0 Å². The fraction of sp³-hybridized carbons (Fsp3) is 0.778. The van der Waals surface area contributed by atoms with Crippen molar-refractivity contribution >= 4 is 5.91 Å². The normalized spacial score (nSPS) is 19.5. The van der Waals surface area contributed by atoms with Crippen LogP contribution in [-0.4, -0.2) is 46.3 Å². The molecule has 0 unspecified atom stereocenters. The molecule has 1 N–H and O–H groups in total. The molecule has 0 atom stereocenters. The fourth-order valence-electron chi connectivity index (χ4n) is 3.58. The van der Waals surface area contributed by atoms with E-state index in [2.05, 4.69) is 21.8 Å². The molecule has 3 heterocycles. The lowest BCUT2D eigenvalue weighted by molar-refractivity contribution is -0.125. The van der Waals surface area contributed by atoms with Gasteiger partial charge in [0.25, 0.3) is 0 Å². The van der Waals surface area contributed by atoms with Gasteiger partial charge >= 0.3 is 0 Å². The van der Waals surface area contributed by atoms with E-state index in [1.54, 1.807) is 0 Å². The van der Waals surface area contributed by atoms with E-state index < -0.39 is 0 Å². The van der Waals surface area contributed by atoms with Crippen LogP contribution < -0.4 is 5.32 Å². The third-order valence-electron chi connectivity index (χ3n) is 5.11. The molecule has 0 bridgehead atoms. The van der Waals surface area contributed by atoms with Crippen LogP contribution in [0.3, 0.4) is 0 Å². The van der Waals surface area contributed by atoms with Crippen molar-refractivity contribution in [3.63, 3.8) is 0 Å². The van der Waals surface area contributed by atoms with Crippen molar-refractivity contribution in [1.29, 1.82) is 0 Å². The van der Waals surface area contributed by atoms with Crippen LogP contribution in [0.1, 0.15) is 50.6 Å². The molecule has 0 aliphatic carbocycles. The molecule has 1 saturated heterocycles. The van der Waals surface area contributed by atoms with E-state index in [1.807, 2.05) is 13.8 Å². The fourth-order valence-corrected chi connectivity index (χ4v) is 3.58. The third-order valence-corrected chi connectivity index (χ3v) is 5.11. The predicted octanol–water partition coefficient (Wildman–Crippen LogP) is 1.71. The number of nitrogens with zero attached hydrogens (tertiary/aromatic N) is 3. The van der Waals surface area contributed by atoms with Crippen molar-refractivity contribution in [3.05, 3.63) is 17.0 Å². The molecule has 1 aromatic rings. The Morgan fingerprint density at radius 3 is 2.79 bits per heavy atom. The summed E-state index contributed by atoms with van der Waals surface area (Å²) in [6.07, 6.45) is 3.01. The van der Waals surface area contributed by atoms with Crippen LogP contribution in [0, 0.1) is 5.92 Å². The molecule has 24 heavy (non-hydrogen) atoms. The summed E-state index contributed by atoms with van der Waals surface area (Å²) < 4.78 is 7.79. The molecule has 1 aromatic heterocycles. The average Bonchev–Trinajstić information content (AvgIpc) is 2.94. The summed E-state index contributed by atoms with van der Waals surface area (Å²) in [7, 11) is 0. The Balaban J connectivity index is 1.57. The minimum absolute atomic E-state index is 0.0626. The van der Waals surface area contributed by atoms with E-state index in [0.717, 1.165) is 52.0 Å². The number of carbonyl (C=O) groups excluding carboxylic acids is 1. The number of hydrogen-bond acceptors (Lipinski definition) is 4. The lowest BCUT2D eigenvalue weighted by Gasteiger charge is -2.32. The molecule has 0 saturated carbocycles. The van der Waals surface area contributed by atoms with Gasteiger partial charge < -0.3 is 10.1 Å². The number of ether oxygens (including phenoxy) is 1. The van der Waals surface area contributed by atoms with Crippen LogP contribution in [-0.2, 0) is 35.6 Å². The Kier molecular flexibility index (Phi) is 5.56. The predicted molar refractivity (Wildman–Crippen MR) is 92.5 cm³/mol. The molecule has 0 aromatic carbocycles. The van der Waals surface area contributed by atoms with Gasteiger partial charge in [0.2, 0.25) is 5.91 Å². The molecule has 0 spiro atoms. The number of amides is 1. The Labute approximate surface area is 144 Å². The van der Waals surface area contributed by atoms with Gasteiger partial charge in [-0.2, -0.15) is 5.10 Å². The van der Waals surface area contributed by atoms with Gasteiger partial charge in [-0.1, -0.05) is 13.8 Å². The van der Waals surface area contributed by atoms with E-state index in [4.69, 9.17) is 9.84 Å². The third kappa shape index (κ3) is 3.81. The van der Waals surface area contributed by atoms with Crippen molar-refractivity contribution in [2.45, 2.75) is 65.8 Å². The summed E-state index contributed by atoms with van der Waals surface area (Å²) in [5, 5.41) is 7.98. The van der Waals surface area contributed by atoms with Crippen molar-refractivity contribution in [2.75, 3.05) is 19.7 Å². The second kappa shape index (κ2) is 7.66. The summed E-state index contributed by atoms with van der Waals surface area (Å²) in [5.74, 6) is 0.230. The first kappa shape index (κ1) is 17.4. The maximum absolute atomic E-state index is 11.8. The highest BCUT2D eigenvalue weighted by atomic mass is 16.5. The van der Waals surface area contributed by atoms with Gasteiger partial charge in [0.1, 0.15) is 0 Å². The SMILES string of the molecule is CCn1nc(CN2CCC(NC(=O)C(C)C)CC2)c2c1CCOC2. The summed E-state index contributed by atoms with van der Waals surface area (Å²) >= 11 is 0.